The van der Waals surface area contributed by atoms with Crippen LogP contribution in [0.2, 0.25) is 0 Å². The van der Waals surface area contributed by atoms with E-state index in [2.05, 4.69) is 0 Å². The number of allylic oxidation sites excluding steroid dienone is 2. The number of rotatable bonds is 10. The van der Waals surface area contributed by atoms with Crippen LogP contribution in [-0.2, 0) is 15.9 Å². The number of benzene rings is 1. The second-order valence-corrected chi connectivity index (χ2v) is 9.10. The van der Waals surface area contributed by atoms with Crippen molar-refractivity contribution in [2.24, 2.45) is 0 Å². The van der Waals surface area contributed by atoms with Crippen LogP contribution in [0.15, 0.2) is 29.8 Å². The largest absolute Gasteiger partial charge is 0.465 e. The van der Waals surface area contributed by atoms with Gasteiger partial charge in [-0.15, -0.1) is 0 Å². The number of carbonyl (C=O) groups excluding carboxylic acids is 1. The predicted molar refractivity (Wildman–Crippen MR) is 121 cm³/mol. The number of hydrogen-bond donors (Lipinski definition) is 6. The maximum atomic E-state index is 12.4. The van der Waals surface area contributed by atoms with E-state index in [1.54, 1.807) is 26.0 Å². The molecule has 192 valence electrons. The fourth-order valence-corrected chi connectivity index (χ4v) is 3.48. The van der Waals surface area contributed by atoms with Gasteiger partial charge in [-0.3, -0.25) is 0 Å². The van der Waals surface area contributed by atoms with Gasteiger partial charge in [0.05, 0.1) is 25.4 Å². The van der Waals surface area contributed by atoms with Crippen molar-refractivity contribution in [3.8, 4) is 5.75 Å². The number of esters is 1. The Kier molecular flexibility index (Phi) is 10.0. The van der Waals surface area contributed by atoms with E-state index in [1.165, 1.54) is 13.2 Å². The molecule has 0 bridgehead atoms. The molecule has 1 aromatic rings. The third-order valence-corrected chi connectivity index (χ3v) is 5.85. The van der Waals surface area contributed by atoms with Crippen LogP contribution in [0.25, 0.3) is 0 Å². The Balaban J connectivity index is 2.15. The van der Waals surface area contributed by atoms with Crippen molar-refractivity contribution in [3.05, 3.63) is 41.0 Å². The third kappa shape index (κ3) is 7.22. The van der Waals surface area contributed by atoms with E-state index >= 15 is 0 Å². The van der Waals surface area contributed by atoms with E-state index in [0.29, 0.717) is 19.3 Å². The molecule has 0 spiro atoms. The molecule has 6 atom stereocenters. The average molecular weight is 485 g/mol. The summed E-state index contributed by atoms with van der Waals surface area (Å²) in [4.78, 5) is 12.4. The lowest BCUT2D eigenvalue weighted by atomic mass is 9.95. The van der Waals surface area contributed by atoms with Crippen LogP contribution >= 0.6 is 0 Å². The zero-order chi connectivity index (χ0) is 25.6. The molecule has 2 rings (SSSR count). The minimum atomic E-state index is -1.62. The molecule has 0 aromatic heterocycles. The molecule has 0 radical (unpaired) electrons. The average Bonchev–Trinajstić information content (AvgIpc) is 2.80. The van der Waals surface area contributed by atoms with E-state index in [-0.39, 0.29) is 11.3 Å². The van der Waals surface area contributed by atoms with Crippen LogP contribution in [0.3, 0.4) is 0 Å². The Labute approximate surface area is 199 Å². The SMILES string of the molecule is COC(=O)c1cc(CC=C(C)CCC(O)C(C)(C)O)ccc1OC1OC(CO)C(O)C(O)C1O. The van der Waals surface area contributed by atoms with Crippen molar-refractivity contribution in [2.75, 3.05) is 13.7 Å². The molecule has 0 saturated carbocycles. The number of carbonyl (C=O) groups is 1. The summed E-state index contributed by atoms with van der Waals surface area (Å²) < 4.78 is 15.8. The highest BCUT2D eigenvalue weighted by atomic mass is 16.7. The highest BCUT2D eigenvalue weighted by Crippen LogP contribution is 2.28. The summed E-state index contributed by atoms with van der Waals surface area (Å²) in [6.07, 6.45) is -4.75. The number of aliphatic hydroxyl groups is 6. The number of ether oxygens (including phenoxy) is 3. The monoisotopic (exact) mass is 484 g/mol. The summed E-state index contributed by atoms with van der Waals surface area (Å²) in [5, 5.41) is 59.2. The van der Waals surface area contributed by atoms with Gasteiger partial charge in [0.2, 0.25) is 6.29 Å². The Morgan fingerprint density at radius 3 is 2.47 bits per heavy atom. The molecule has 1 aliphatic heterocycles. The summed E-state index contributed by atoms with van der Waals surface area (Å²) in [6, 6.07) is 4.78. The van der Waals surface area contributed by atoms with Gasteiger partial charge in [-0.2, -0.15) is 0 Å². The smallest absolute Gasteiger partial charge is 0.341 e. The summed E-state index contributed by atoms with van der Waals surface area (Å²) in [5.74, 6) is -0.649. The minimum Gasteiger partial charge on any atom is -0.465 e. The third-order valence-electron chi connectivity index (χ3n) is 5.85. The van der Waals surface area contributed by atoms with Crippen molar-refractivity contribution in [1.29, 1.82) is 0 Å². The second kappa shape index (κ2) is 12.1. The van der Waals surface area contributed by atoms with E-state index < -0.39 is 55.0 Å². The van der Waals surface area contributed by atoms with Gasteiger partial charge in [0.15, 0.2) is 0 Å². The fraction of sp³-hybridized carbons (Fsp3) is 0.625. The topological polar surface area (TPSA) is 166 Å². The lowest BCUT2D eigenvalue weighted by Gasteiger charge is -2.39. The van der Waals surface area contributed by atoms with Crippen LogP contribution in [0.1, 0.15) is 49.5 Å². The van der Waals surface area contributed by atoms with E-state index in [0.717, 1.165) is 11.1 Å². The molecule has 6 unspecified atom stereocenters. The first kappa shape index (κ1) is 28.2. The molecule has 1 fully saturated rings. The van der Waals surface area contributed by atoms with Gasteiger partial charge < -0.3 is 44.8 Å². The van der Waals surface area contributed by atoms with Crippen molar-refractivity contribution < 1.29 is 49.6 Å². The molecule has 1 aromatic carbocycles. The second-order valence-electron chi connectivity index (χ2n) is 9.10. The standard InChI is InChI=1S/C24H36O10/c1-13(6-10-18(26)24(2,3)31)5-7-14-8-9-16(15(11-14)22(30)32-4)33-23-21(29)20(28)19(27)17(12-25)34-23/h5,8-9,11,17-21,23,25-29,31H,6-7,10,12H2,1-4H3. The first-order valence-electron chi connectivity index (χ1n) is 11.1. The van der Waals surface area contributed by atoms with Gasteiger partial charge in [-0.05, 0) is 57.7 Å². The molecule has 1 heterocycles. The number of aliphatic hydroxyl groups excluding tert-OH is 5. The first-order chi connectivity index (χ1) is 15.9. The summed E-state index contributed by atoms with van der Waals surface area (Å²) >= 11 is 0. The highest BCUT2D eigenvalue weighted by Gasteiger charge is 2.45. The molecule has 1 saturated heterocycles. The van der Waals surface area contributed by atoms with Gasteiger partial charge in [-0.25, -0.2) is 4.79 Å². The van der Waals surface area contributed by atoms with E-state index in [9.17, 15) is 35.4 Å². The lowest BCUT2D eigenvalue weighted by Crippen LogP contribution is -2.60. The fourth-order valence-electron chi connectivity index (χ4n) is 3.48. The van der Waals surface area contributed by atoms with Gasteiger partial charge in [0.25, 0.3) is 0 Å². The van der Waals surface area contributed by atoms with Crippen molar-refractivity contribution >= 4 is 5.97 Å². The Bertz CT molecular complexity index is 845. The molecule has 0 amide bonds. The zero-order valence-corrected chi connectivity index (χ0v) is 19.9. The molecule has 6 N–H and O–H groups in total. The summed E-state index contributed by atoms with van der Waals surface area (Å²) in [5.41, 5.74) is 0.668. The van der Waals surface area contributed by atoms with Gasteiger partial charge in [0.1, 0.15) is 35.7 Å². The minimum absolute atomic E-state index is 0.0360. The number of methoxy groups -OCH3 is 1. The predicted octanol–water partition coefficient (Wildman–Crippen LogP) is 0.0527. The van der Waals surface area contributed by atoms with Crippen LogP contribution in [0, 0.1) is 0 Å². The molecule has 1 aliphatic rings. The Morgan fingerprint density at radius 2 is 1.88 bits per heavy atom. The quantitative estimate of drug-likeness (QED) is 0.197. The van der Waals surface area contributed by atoms with Crippen LogP contribution in [0.5, 0.6) is 5.75 Å². The molecule has 10 nitrogen and oxygen atoms in total. The Morgan fingerprint density at radius 1 is 1.21 bits per heavy atom. The van der Waals surface area contributed by atoms with Crippen LogP contribution in [-0.4, -0.2) is 92.7 Å². The van der Waals surface area contributed by atoms with E-state index in [4.69, 9.17) is 14.2 Å². The van der Waals surface area contributed by atoms with Crippen molar-refractivity contribution in [3.63, 3.8) is 0 Å². The lowest BCUT2D eigenvalue weighted by molar-refractivity contribution is -0.277. The van der Waals surface area contributed by atoms with Gasteiger partial charge in [-0.1, -0.05) is 17.7 Å². The highest BCUT2D eigenvalue weighted by molar-refractivity contribution is 5.92. The molecular formula is C24H36O10. The maximum Gasteiger partial charge on any atom is 0.341 e. The molecule has 10 heteroatoms. The van der Waals surface area contributed by atoms with Crippen LogP contribution < -0.4 is 4.74 Å². The molecular weight excluding hydrogens is 448 g/mol. The normalized spacial score (nSPS) is 26.8. The summed E-state index contributed by atoms with van der Waals surface area (Å²) in [7, 11) is 1.21. The Hall–Kier alpha value is -2.05. The van der Waals surface area contributed by atoms with E-state index in [1.807, 2.05) is 13.0 Å². The first-order valence-corrected chi connectivity index (χ1v) is 11.1. The summed E-state index contributed by atoms with van der Waals surface area (Å²) in [6.45, 7) is 4.42. The van der Waals surface area contributed by atoms with Crippen LogP contribution in [0.4, 0.5) is 0 Å². The maximum absolute atomic E-state index is 12.4. The van der Waals surface area contributed by atoms with Gasteiger partial charge in [0, 0.05) is 0 Å². The number of hydrogen-bond acceptors (Lipinski definition) is 10. The molecule has 34 heavy (non-hydrogen) atoms. The van der Waals surface area contributed by atoms with Crippen molar-refractivity contribution in [1.82, 2.24) is 0 Å². The zero-order valence-electron chi connectivity index (χ0n) is 19.9. The van der Waals surface area contributed by atoms with Crippen molar-refractivity contribution in [2.45, 2.75) is 82.4 Å². The molecule has 0 aliphatic carbocycles. The van der Waals surface area contributed by atoms with Gasteiger partial charge >= 0.3 is 5.97 Å².